The van der Waals surface area contributed by atoms with Gasteiger partial charge in [-0.05, 0) is 113 Å². The van der Waals surface area contributed by atoms with Crippen molar-refractivity contribution in [2.45, 2.75) is 45.1 Å². The van der Waals surface area contributed by atoms with Crippen molar-refractivity contribution < 1.29 is 9.90 Å². The largest absolute Gasteiger partial charge is 0.506 e. The number of nitrogens with zero attached hydrogens (tertiary/aromatic N) is 2. The first-order valence-corrected chi connectivity index (χ1v) is 13.0. The molecule has 0 spiro atoms. The lowest BCUT2D eigenvalue weighted by molar-refractivity contribution is -0.124. The van der Waals surface area contributed by atoms with Crippen LogP contribution in [-0.2, 0) is 4.79 Å². The molecule has 1 aliphatic carbocycles. The number of hydrogen-bond acceptors (Lipinski definition) is 4. The maximum Gasteiger partial charge on any atom is 0.267 e. The van der Waals surface area contributed by atoms with Crippen molar-refractivity contribution in [3.8, 4) is 5.75 Å². The number of benzene rings is 2. The predicted octanol–water partition coefficient (Wildman–Crippen LogP) is 6.85. The molecule has 0 aromatic heterocycles. The van der Waals surface area contributed by atoms with Crippen LogP contribution in [0.4, 0.5) is 5.69 Å². The van der Waals surface area contributed by atoms with Gasteiger partial charge in [-0.15, -0.1) is 0 Å². The molecular weight excluding hydrogens is 622 g/mol. The molecule has 2 aromatic carbocycles. The fourth-order valence-corrected chi connectivity index (χ4v) is 6.65. The molecule has 1 heterocycles. The van der Waals surface area contributed by atoms with Gasteiger partial charge in [0.25, 0.3) is 5.91 Å². The van der Waals surface area contributed by atoms with Crippen LogP contribution in [0.25, 0.3) is 6.08 Å². The number of aliphatic imine (C=N–C) groups is 1. The summed E-state index contributed by atoms with van der Waals surface area (Å²) in [6.45, 7) is 2.06. The first-order chi connectivity index (χ1) is 14.4. The van der Waals surface area contributed by atoms with Crippen LogP contribution in [0, 0.1) is 14.1 Å². The summed E-state index contributed by atoms with van der Waals surface area (Å²) in [6.07, 6.45) is 7.53. The van der Waals surface area contributed by atoms with Gasteiger partial charge in [0, 0.05) is 6.04 Å². The second-order valence-corrected chi connectivity index (χ2v) is 11.0. The Bertz CT molecular complexity index is 1000. The SMILES string of the molecule is Cc1ccc(N=C2S/C(=C/c3cc(I)c(O)c(I)c3)C(=O)N2C2CCCCC2)cc1. The van der Waals surface area contributed by atoms with E-state index in [0.717, 1.165) is 49.2 Å². The van der Waals surface area contributed by atoms with E-state index in [1.54, 1.807) is 0 Å². The van der Waals surface area contributed by atoms with E-state index in [2.05, 4.69) is 52.1 Å². The molecule has 2 aromatic rings. The number of phenols is 1. The summed E-state index contributed by atoms with van der Waals surface area (Å²) in [5, 5.41) is 10.8. The highest BCUT2D eigenvalue weighted by Gasteiger charge is 2.38. The number of rotatable bonds is 3. The van der Waals surface area contributed by atoms with Gasteiger partial charge in [-0.3, -0.25) is 9.69 Å². The van der Waals surface area contributed by atoms with Gasteiger partial charge in [0.15, 0.2) is 5.17 Å². The summed E-state index contributed by atoms with van der Waals surface area (Å²) in [7, 11) is 0. The van der Waals surface area contributed by atoms with Crippen molar-refractivity contribution in [3.05, 3.63) is 59.6 Å². The van der Waals surface area contributed by atoms with Crippen LogP contribution in [-0.4, -0.2) is 27.1 Å². The number of carbonyl (C=O) groups is 1. The van der Waals surface area contributed by atoms with Crippen LogP contribution in [0.1, 0.15) is 43.2 Å². The van der Waals surface area contributed by atoms with Crippen molar-refractivity contribution in [3.63, 3.8) is 0 Å². The van der Waals surface area contributed by atoms with E-state index in [1.165, 1.54) is 23.7 Å². The first-order valence-electron chi connectivity index (χ1n) is 9.99. The van der Waals surface area contributed by atoms with Gasteiger partial charge < -0.3 is 5.11 Å². The van der Waals surface area contributed by atoms with Crippen LogP contribution in [0.15, 0.2) is 46.3 Å². The van der Waals surface area contributed by atoms with E-state index in [-0.39, 0.29) is 17.7 Å². The molecule has 1 amide bonds. The van der Waals surface area contributed by atoms with E-state index in [4.69, 9.17) is 4.99 Å². The highest BCUT2D eigenvalue weighted by atomic mass is 127. The van der Waals surface area contributed by atoms with E-state index in [9.17, 15) is 9.90 Å². The van der Waals surface area contributed by atoms with E-state index >= 15 is 0 Å². The van der Waals surface area contributed by atoms with Gasteiger partial charge in [-0.25, -0.2) is 4.99 Å². The molecule has 0 bridgehead atoms. The van der Waals surface area contributed by atoms with Gasteiger partial charge >= 0.3 is 0 Å². The fourth-order valence-electron chi connectivity index (χ4n) is 3.78. The second kappa shape index (κ2) is 9.60. The Kier molecular flexibility index (Phi) is 7.08. The maximum absolute atomic E-state index is 13.4. The second-order valence-electron chi connectivity index (χ2n) is 7.64. The molecule has 4 rings (SSSR count). The summed E-state index contributed by atoms with van der Waals surface area (Å²) in [5.41, 5.74) is 2.97. The van der Waals surface area contributed by atoms with Crippen LogP contribution in [0.2, 0.25) is 0 Å². The Labute approximate surface area is 208 Å². The number of hydrogen-bond donors (Lipinski definition) is 1. The Balaban J connectivity index is 1.71. The molecule has 2 fully saturated rings. The molecule has 2 aliphatic rings. The first kappa shape index (κ1) is 22.1. The number of aryl methyl sites for hydroxylation is 1. The minimum Gasteiger partial charge on any atom is -0.506 e. The summed E-state index contributed by atoms with van der Waals surface area (Å²) in [6, 6.07) is 12.1. The lowest BCUT2D eigenvalue weighted by Gasteiger charge is -2.30. The maximum atomic E-state index is 13.4. The smallest absolute Gasteiger partial charge is 0.267 e. The number of carbonyl (C=O) groups excluding carboxylic acids is 1. The third-order valence-electron chi connectivity index (χ3n) is 5.37. The molecule has 7 heteroatoms. The zero-order valence-corrected chi connectivity index (χ0v) is 21.7. The zero-order valence-electron chi connectivity index (χ0n) is 16.6. The van der Waals surface area contributed by atoms with Gasteiger partial charge in [-0.1, -0.05) is 37.0 Å². The van der Waals surface area contributed by atoms with Gasteiger partial charge in [-0.2, -0.15) is 0 Å². The van der Waals surface area contributed by atoms with E-state index in [0.29, 0.717) is 4.91 Å². The van der Waals surface area contributed by atoms with Gasteiger partial charge in [0.1, 0.15) is 5.75 Å². The predicted molar refractivity (Wildman–Crippen MR) is 141 cm³/mol. The quantitative estimate of drug-likeness (QED) is 0.294. The minimum atomic E-state index is 0.0378. The average molecular weight is 644 g/mol. The molecule has 0 radical (unpaired) electrons. The topological polar surface area (TPSA) is 52.9 Å². The molecule has 156 valence electrons. The average Bonchev–Trinajstić information content (AvgIpc) is 3.03. The van der Waals surface area contributed by atoms with Crippen molar-refractivity contribution in [2.24, 2.45) is 4.99 Å². The Morgan fingerprint density at radius 1 is 1.10 bits per heavy atom. The molecule has 1 saturated heterocycles. The van der Waals surface area contributed by atoms with E-state index in [1.807, 2.05) is 47.4 Å². The Hall–Kier alpha value is -1.07. The Morgan fingerprint density at radius 2 is 1.73 bits per heavy atom. The molecule has 1 aliphatic heterocycles. The summed E-state index contributed by atoms with van der Waals surface area (Å²) >= 11 is 5.69. The number of phenolic OH excluding ortho intramolecular Hbond substituents is 1. The van der Waals surface area contributed by atoms with Crippen molar-refractivity contribution in [1.29, 1.82) is 0 Å². The minimum absolute atomic E-state index is 0.0378. The number of halogens is 2. The summed E-state index contributed by atoms with van der Waals surface area (Å²) in [5.74, 6) is 0.324. The van der Waals surface area contributed by atoms with Crippen molar-refractivity contribution >= 4 is 79.8 Å². The summed E-state index contributed by atoms with van der Waals surface area (Å²) < 4.78 is 1.55. The van der Waals surface area contributed by atoms with E-state index < -0.39 is 0 Å². The van der Waals surface area contributed by atoms with Crippen molar-refractivity contribution in [2.75, 3.05) is 0 Å². The highest BCUT2D eigenvalue weighted by molar-refractivity contribution is 14.1. The van der Waals surface area contributed by atoms with Crippen LogP contribution < -0.4 is 0 Å². The van der Waals surface area contributed by atoms with Gasteiger partial charge in [0.2, 0.25) is 0 Å². The molecule has 0 atom stereocenters. The molecule has 4 nitrogen and oxygen atoms in total. The monoisotopic (exact) mass is 644 g/mol. The molecule has 0 unspecified atom stereocenters. The molecule has 1 saturated carbocycles. The third-order valence-corrected chi connectivity index (χ3v) is 8.00. The number of aromatic hydroxyl groups is 1. The van der Waals surface area contributed by atoms with Crippen molar-refractivity contribution in [1.82, 2.24) is 4.90 Å². The molecular formula is C23H22I2N2O2S. The van der Waals surface area contributed by atoms with Gasteiger partial charge in [0.05, 0.1) is 17.7 Å². The standard InChI is InChI=1S/C23H22I2N2O2S/c1-14-7-9-16(10-8-14)26-23-27(17-5-3-2-4-6-17)22(29)20(30-23)13-15-11-18(24)21(28)19(25)12-15/h7-13,17,28H,2-6H2,1H3/b20-13+,26-23?. The summed E-state index contributed by atoms with van der Waals surface area (Å²) in [4.78, 5) is 20.9. The fraction of sp³-hybridized carbons (Fsp3) is 0.304. The highest BCUT2D eigenvalue weighted by Crippen LogP contribution is 2.39. The van der Waals surface area contributed by atoms with Crippen LogP contribution >= 0.6 is 56.9 Å². The number of thioether (sulfide) groups is 1. The molecule has 1 N–H and O–H groups in total. The number of amides is 1. The third kappa shape index (κ3) is 4.88. The lowest BCUT2D eigenvalue weighted by Crippen LogP contribution is -2.40. The normalized spacial score (nSPS) is 20.5. The molecule has 30 heavy (non-hydrogen) atoms. The van der Waals surface area contributed by atoms with Crippen LogP contribution in [0.5, 0.6) is 5.75 Å². The Morgan fingerprint density at radius 3 is 2.37 bits per heavy atom. The van der Waals surface area contributed by atoms with Crippen LogP contribution in [0.3, 0.4) is 0 Å². The number of amidine groups is 1. The zero-order chi connectivity index (χ0) is 21.3. The lowest BCUT2D eigenvalue weighted by atomic mass is 9.94.